The highest BCUT2D eigenvalue weighted by Gasteiger charge is 2.19. The number of rotatable bonds is 6. The molecule has 0 N–H and O–H groups in total. The molecule has 0 atom stereocenters. The predicted octanol–water partition coefficient (Wildman–Crippen LogP) is 3.24. The van der Waals surface area contributed by atoms with Crippen molar-refractivity contribution in [2.45, 2.75) is 13.3 Å². The van der Waals surface area contributed by atoms with E-state index in [0.29, 0.717) is 35.9 Å². The third-order valence-corrected chi connectivity index (χ3v) is 4.33. The summed E-state index contributed by atoms with van der Waals surface area (Å²) in [4.78, 5) is 21.7. The van der Waals surface area contributed by atoms with Gasteiger partial charge in [0, 0.05) is 30.8 Å². The number of hydrogen-bond acceptors (Lipinski definition) is 7. The largest absolute Gasteiger partial charge is 0.491 e. The molecule has 29 heavy (non-hydrogen) atoms. The van der Waals surface area contributed by atoms with Crippen molar-refractivity contribution in [3.05, 3.63) is 66.9 Å². The molecule has 1 aromatic carbocycles. The number of ether oxygens (including phenoxy) is 1. The lowest BCUT2D eigenvalue weighted by Gasteiger charge is -2.18. The molecule has 1 aliphatic heterocycles. The van der Waals surface area contributed by atoms with Crippen molar-refractivity contribution in [1.82, 2.24) is 19.7 Å². The van der Waals surface area contributed by atoms with Gasteiger partial charge >= 0.3 is 0 Å². The second-order valence-electron chi connectivity index (χ2n) is 6.44. The van der Waals surface area contributed by atoms with Crippen LogP contribution in [0, 0.1) is 0 Å². The maximum Gasteiger partial charge on any atom is 0.209 e. The number of aromatic nitrogens is 4. The molecular formula is C21H20N6O2. The number of hydrazone groups is 1. The van der Waals surface area contributed by atoms with Gasteiger partial charge in [0.05, 0.1) is 31.4 Å². The molecule has 8 heteroatoms. The first-order valence-electron chi connectivity index (χ1n) is 9.26. The molecule has 8 nitrogen and oxygen atoms in total. The number of allylic oxidation sites excluding steroid dienone is 1. The van der Waals surface area contributed by atoms with Crippen molar-refractivity contribution < 1.29 is 9.53 Å². The van der Waals surface area contributed by atoms with Gasteiger partial charge in [0.2, 0.25) is 5.78 Å². The number of nitrogens with zero attached hydrogens (tertiary/aromatic N) is 6. The number of carbonyl (C=O) groups is 1. The molecule has 4 rings (SSSR count). The Morgan fingerprint density at radius 1 is 1.21 bits per heavy atom. The minimum Gasteiger partial charge on any atom is -0.491 e. The van der Waals surface area contributed by atoms with Crippen LogP contribution >= 0.6 is 0 Å². The third kappa shape index (κ3) is 4.06. The van der Waals surface area contributed by atoms with Crippen molar-refractivity contribution >= 4 is 17.2 Å². The van der Waals surface area contributed by atoms with E-state index in [-0.39, 0.29) is 5.78 Å². The van der Waals surface area contributed by atoms with Gasteiger partial charge in [0.15, 0.2) is 11.6 Å². The van der Waals surface area contributed by atoms with Crippen LogP contribution in [-0.2, 0) is 7.05 Å². The van der Waals surface area contributed by atoms with E-state index in [1.54, 1.807) is 40.4 Å². The number of hydrogen-bond donors (Lipinski definition) is 0. The predicted molar refractivity (Wildman–Crippen MR) is 110 cm³/mol. The van der Waals surface area contributed by atoms with Crippen LogP contribution < -0.4 is 9.75 Å². The second kappa shape index (κ2) is 8.05. The van der Waals surface area contributed by atoms with Crippen LogP contribution in [0.4, 0.5) is 5.69 Å². The fourth-order valence-corrected chi connectivity index (χ4v) is 2.95. The Kier molecular flexibility index (Phi) is 5.15. The molecular weight excluding hydrogens is 368 g/mol. The first-order chi connectivity index (χ1) is 14.1. The minimum absolute atomic E-state index is 0.129. The third-order valence-electron chi connectivity index (χ3n) is 4.33. The highest BCUT2D eigenvalue weighted by molar-refractivity contribution is 6.46. The molecule has 146 valence electrons. The van der Waals surface area contributed by atoms with E-state index < -0.39 is 0 Å². The summed E-state index contributed by atoms with van der Waals surface area (Å²) >= 11 is 0. The quantitative estimate of drug-likeness (QED) is 0.603. The highest BCUT2D eigenvalue weighted by Crippen LogP contribution is 2.21. The van der Waals surface area contributed by atoms with E-state index in [1.807, 2.05) is 44.6 Å². The molecule has 0 amide bonds. The number of ketones is 1. The summed E-state index contributed by atoms with van der Waals surface area (Å²) in [7, 11) is 1.83. The van der Waals surface area contributed by atoms with Gasteiger partial charge in [0.25, 0.3) is 0 Å². The number of carbonyl (C=O) groups excluding carboxylic acids is 1. The molecule has 0 spiro atoms. The fourth-order valence-electron chi connectivity index (χ4n) is 2.95. The molecule has 1 aliphatic rings. The summed E-state index contributed by atoms with van der Waals surface area (Å²) in [6.07, 6.45) is 11.0. The van der Waals surface area contributed by atoms with E-state index in [4.69, 9.17) is 4.74 Å². The summed E-state index contributed by atoms with van der Waals surface area (Å²) < 4.78 is 7.06. The average molecular weight is 388 g/mol. The molecule has 3 aromatic rings. The van der Waals surface area contributed by atoms with Crippen LogP contribution in [0.2, 0.25) is 0 Å². The van der Waals surface area contributed by atoms with Gasteiger partial charge in [-0.3, -0.25) is 9.48 Å². The SMILES string of the molecule is CCOc1cnc(-c2cccc(C(=O)C3=NN(c4cnn(C)c4)C=CC3)c2)nc1. The van der Waals surface area contributed by atoms with E-state index in [0.717, 1.165) is 11.3 Å². The van der Waals surface area contributed by atoms with Gasteiger partial charge in [0.1, 0.15) is 11.4 Å². The Balaban J connectivity index is 1.57. The van der Waals surface area contributed by atoms with Crippen LogP contribution in [0.25, 0.3) is 11.4 Å². The van der Waals surface area contributed by atoms with Crippen LogP contribution in [0.3, 0.4) is 0 Å². The molecule has 0 radical (unpaired) electrons. The number of benzene rings is 1. The van der Waals surface area contributed by atoms with E-state index in [1.165, 1.54) is 0 Å². The van der Waals surface area contributed by atoms with E-state index in [9.17, 15) is 4.79 Å². The zero-order valence-electron chi connectivity index (χ0n) is 16.2. The zero-order chi connectivity index (χ0) is 20.2. The Hall–Kier alpha value is -3.81. The van der Waals surface area contributed by atoms with Crippen molar-refractivity contribution in [2.75, 3.05) is 11.6 Å². The van der Waals surface area contributed by atoms with Gasteiger partial charge in [-0.25, -0.2) is 15.0 Å². The lowest BCUT2D eigenvalue weighted by atomic mass is 10.0. The summed E-state index contributed by atoms with van der Waals surface area (Å²) in [5, 5.41) is 10.3. The van der Waals surface area contributed by atoms with Gasteiger partial charge in [-0.05, 0) is 13.0 Å². The monoisotopic (exact) mass is 388 g/mol. The number of anilines is 1. The first-order valence-corrected chi connectivity index (χ1v) is 9.26. The van der Waals surface area contributed by atoms with Crippen molar-refractivity contribution in [1.29, 1.82) is 0 Å². The maximum atomic E-state index is 13.0. The van der Waals surface area contributed by atoms with Gasteiger partial charge in [-0.2, -0.15) is 10.2 Å². The fraction of sp³-hybridized carbons (Fsp3) is 0.190. The topological polar surface area (TPSA) is 85.5 Å². The summed E-state index contributed by atoms with van der Waals surface area (Å²) in [6, 6.07) is 7.25. The molecule has 0 fully saturated rings. The zero-order valence-corrected chi connectivity index (χ0v) is 16.2. The Labute approximate surface area is 168 Å². The van der Waals surface area contributed by atoms with Gasteiger partial charge < -0.3 is 4.74 Å². The maximum absolute atomic E-state index is 13.0. The van der Waals surface area contributed by atoms with Crippen LogP contribution in [0.1, 0.15) is 23.7 Å². The summed E-state index contributed by atoms with van der Waals surface area (Å²) in [5.41, 5.74) is 2.56. The normalized spacial score (nSPS) is 13.3. The number of aryl methyl sites for hydroxylation is 1. The molecule has 3 heterocycles. The molecule has 0 unspecified atom stereocenters. The Bertz CT molecular complexity index is 1080. The van der Waals surface area contributed by atoms with Gasteiger partial charge in [-0.15, -0.1) is 0 Å². The number of Topliss-reactive ketones (excluding diaryl/α,β-unsaturated/α-hetero) is 1. The summed E-state index contributed by atoms with van der Waals surface area (Å²) in [5.74, 6) is 1.02. The molecule has 0 saturated heterocycles. The average Bonchev–Trinajstić information content (AvgIpc) is 3.20. The second-order valence-corrected chi connectivity index (χ2v) is 6.44. The van der Waals surface area contributed by atoms with Crippen molar-refractivity contribution in [3.63, 3.8) is 0 Å². The lowest BCUT2D eigenvalue weighted by molar-refractivity contribution is 0.106. The van der Waals surface area contributed by atoms with E-state index >= 15 is 0 Å². The van der Waals surface area contributed by atoms with Crippen LogP contribution in [0.15, 0.2) is 66.4 Å². The minimum atomic E-state index is -0.129. The lowest BCUT2D eigenvalue weighted by Crippen LogP contribution is -2.22. The first kappa shape index (κ1) is 18.5. The van der Waals surface area contributed by atoms with Crippen LogP contribution in [-0.4, -0.2) is 37.9 Å². The van der Waals surface area contributed by atoms with E-state index in [2.05, 4.69) is 20.2 Å². The van der Waals surface area contributed by atoms with Crippen LogP contribution in [0.5, 0.6) is 5.75 Å². The smallest absolute Gasteiger partial charge is 0.209 e. The molecule has 0 bridgehead atoms. The molecule has 0 aliphatic carbocycles. The highest BCUT2D eigenvalue weighted by atomic mass is 16.5. The molecule has 0 saturated carbocycles. The molecule has 2 aromatic heterocycles. The van der Waals surface area contributed by atoms with Gasteiger partial charge in [-0.1, -0.05) is 24.3 Å². The van der Waals surface area contributed by atoms with Crippen molar-refractivity contribution in [3.8, 4) is 17.1 Å². The van der Waals surface area contributed by atoms with Crippen molar-refractivity contribution in [2.24, 2.45) is 12.1 Å². The summed E-state index contributed by atoms with van der Waals surface area (Å²) in [6.45, 7) is 2.46. The Morgan fingerprint density at radius 3 is 2.76 bits per heavy atom. The Morgan fingerprint density at radius 2 is 2.03 bits per heavy atom. The standard InChI is InChI=1S/C21H20N6O2/c1-3-29-18-12-22-21(23-13-18)16-7-4-6-15(10-16)20(28)19-8-5-9-27(25-19)17-11-24-26(2)14-17/h4-7,9-14H,3,8H2,1-2H3.